The molecule has 0 aliphatic rings. The number of aryl methyl sites for hydroxylation is 1. The molecule has 16 heavy (non-hydrogen) atoms. The highest BCUT2D eigenvalue weighted by atomic mass is 79.9. The number of amides is 1. The fourth-order valence-corrected chi connectivity index (χ4v) is 2.45. The van der Waals surface area contributed by atoms with E-state index in [2.05, 4.69) is 27.3 Å². The minimum Gasteiger partial charge on any atom is -0.350 e. The summed E-state index contributed by atoms with van der Waals surface area (Å²) in [6, 6.07) is 3.98. The van der Waals surface area contributed by atoms with Crippen molar-refractivity contribution in [1.82, 2.24) is 5.32 Å². The van der Waals surface area contributed by atoms with Gasteiger partial charge in [0, 0.05) is 6.54 Å². The molecule has 1 N–H and O–H groups in total. The van der Waals surface area contributed by atoms with Gasteiger partial charge in [-0.15, -0.1) is 11.3 Å². The minimum atomic E-state index is -0.529. The molecular formula is C11H13BrN2OS. The van der Waals surface area contributed by atoms with E-state index in [1.807, 2.05) is 13.0 Å². The number of halogens is 1. The molecule has 0 spiro atoms. The highest BCUT2D eigenvalue weighted by Crippen LogP contribution is 2.27. The van der Waals surface area contributed by atoms with Crippen LogP contribution in [0.1, 0.15) is 29.1 Å². The summed E-state index contributed by atoms with van der Waals surface area (Å²) in [5, 5.41) is 11.6. The molecular weight excluding hydrogens is 288 g/mol. The van der Waals surface area contributed by atoms with Crippen LogP contribution in [0.2, 0.25) is 0 Å². The highest BCUT2D eigenvalue weighted by Gasteiger charge is 2.19. The molecule has 86 valence electrons. The van der Waals surface area contributed by atoms with E-state index in [1.165, 1.54) is 11.3 Å². The van der Waals surface area contributed by atoms with Gasteiger partial charge in [0.15, 0.2) is 0 Å². The van der Waals surface area contributed by atoms with Crippen molar-refractivity contribution in [3.8, 4) is 6.07 Å². The van der Waals surface area contributed by atoms with Gasteiger partial charge in [0.25, 0.3) is 5.91 Å². The Morgan fingerprint density at radius 3 is 2.75 bits per heavy atom. The van der Waals surface area contributed by atoms with Gasteiger partial charge >= 0.3 is 0 Å². The molecule has 0 atom stereocenters. The molecule has 0 aliphatic heterocycles. The van der Waals surface area contributed by atoms with Gasteiger partial charge in [-0.05, 0) is 48.3 Å². The van der Waals surface area contributed by atoms with Gasteiger partial charge in [-0.1, -0.05) is 0 Å². The second kappa shape index (κ2) is 4.98. The van der Waals surface area contributed by atoms with Crippen LogP contribution in [0.25, 0.3) is 0 Å². The van der Waals surface area contributed by atoms with Crippen LogP contribution in [0.4, 0.5) is 0 Å². The van der Waals surface area contributed by atoms with Crippen LogP contribution < -0.4 is 5.32 Å². The van der Waals surface area contributed by atoms with Crippen LogP contribution in [0.3, 0.4) is 0 Å². The van der Waals surface area contributed by atoms with E-state index in [0.29, 0.717) is 11.4 Å². The number of rotatable bonds is 3. The maximum Gasteiger partial charge on any atom is 0.261 e. The zero-order valence-corrected chi connectivity index (χ0v) is 11.8. The number of hydrogen-bond donors (Lipinski definition) is 1. The van der Waals surface area contributed by atoms with Crippen molar-refractivity contribution in [2.45, 2.75) is 20.8 Å². The van der Waals surface area contributed by atoms with E-state index in [0.717, 1.165) is 9.35 Å². The van der Waals surface area contributed by atoms with Crippen LogP contribution >= 0.6 is 27.3 Å². The van der Waals surface area contributed by atoms with E-state index in [1.54, 1.807) is 13.8 Å². The average molecular weight is 301 g/mol. The fraction of sp³-hybridized carbons (Fsp3) is 0.455. The Bertz CT molecular complexity index is 426. The van der Waals surface area contributed by atoms with Gasteiger partial charge < -0.3 is 5.32 Å². The monoisotopic (exact) mass is 300 g/mol. The van der Waals surface area contributed by atoms with Crippen LogP contribution in [0, 0.1) is 23.7 Å². The molecule has 1 heterocycles. The molecule has 0 bridgehead atoms. The number of thiophene rings is 1. The van der Waals surface area contributed by atoms with E-state index in [9.17, 15) is 4.79 Å². The Morgan fingerprint density at radius 1 is 1.69 bits per heavy atom. The molecule has 1 amide bonds. The van der Waals surface area contributed by atoms with Gasteiger partial charge in [-0.25, -0.2) is 0 Å². The van der Waals surface area contributed by atoms with Gasteiger partial charge in [-0.2, -0.15) is 5.26 Å². The zero-order valence-electron chi connectivity index (χ0n) is 9.43. The summed E-state index contributed by atoms with van der Waals surface area (Å²) >= 11 is 4.78. The SMILES string of the molecule is Cc1cc(C(=O)NCC(C)(C)C#N)sc1Br. The van der Waals surface area contributed by atoms with Crippen molar-refractivity contribution < 1.29 is 4.79 Å². The third-order valence-corrected chi connectivity index (χ3v) is 4.21. The summed E-state index contributed by atoms with van der Waals surface area (Å²) in [5.41, 5.74) is 0.522. The van der Waals surface area contributed by atoms with Crippen molar-refractivity contribution in [3.63, 3.8) is 0 Å². The second-order valence-electron chi connectivity index (χ2n) is 4.25. The Hall–Kier alpha value is -0.860. The number of carbonyl (C=O) groups excluding carboxylic acids is 1. The van der Waals surface area contributed by atoms with E-state index in [-0.39, 0.29) is 5.91 Å². The first-order chi connectivity index (χ1) is 7.35. The molecule has 0 aromatic carbocycles. The van der Waals surface area contributed by atoms with Crippen LogP contribution in [-0.4, -0.2) is 12.5 Å². The molecule has 0 saturated carbocycles. The first kappa shape index (κ1) is 13.2. The largest absolute Gasteiger partial charge is 0.350 e. The summed E-state index contributed by atoms with van der Waals surface area (Å²) in [7, 11) is 0. The first-order valence-electron chi connectivity index (χ1n) is 4.81. The normalized spacial score (nSPS) is 10.9. The molecule has 0 aliphatic carbocycles. The summed E-state index contributed by atoms with van der Waals surface area (Å²) in [4.78, 5) is 12.4. The standard InChI is InChI=1S/C11H13BrN2OS/c1-7-4-8(16-9(7)12)10(15)14-6-11(2,3)5-13/h4H,6H2,1-3H3,(H,14,15). The zero-order chi connectivity index (χ0) is 12.3. The lowest BCUT2D eigenvalue weighted by Gasteiger charge is -2.15. The quantitative estimate of drug-likeness (QED) is 0.932. The second-order valence-corrected chi connectivity index (χ2v) is 6.62. The van der Waals surface area contributed by atoms with Crippen molar-refractivity contribution in [1.29, 1.82) is 5.26 Å². The molecule has 1 rings (SSSR count). The van der Waals surface area contributed by atoms with E-state index >= 15 is 0 Å². The summed E-state index contributed by atoms with van der Waals surface area (Å²) < 4.78 is 0.970. The topological polar surface area (TPSA) is 52.9 Å². The molecule has 5 heteroatoms. The Balaban J connectivity index is 2.64. The Labute approximate surface area is 108 Å². The number of nitrogens with zero attached hydrogens (tertiary/aromatic N) is 1. The van der Waals surface area contributed by atoms with Crippen molar-refractivity contribution in [3.05, 3.63) is 20.3 Å². The maximum absolute atomic E-state index is 11.7. The third-order valence-electron chi connectivity index (χ3n) is 2.07. The van der Waals surface area contributed by atoms with Crippen LogP contribution in [0.15, 0.2) is 9.85 Å². The summed E-state index contributed by atoms with van der Waals surface area (Å²) in [6.07, 6.45) is 0. The Kier molecular flexibility index (Phi) is 4.11. The smallest absolute Gasteiger partial charge is 0.261 e. The highest BCUT2D eigenvalue weighted by molar-refractivity contribution is 9.11. The Morgan fingerprint density at radius 2 is 2.31 bits per heavy atom. The van der Waals surface area contributed by atoms with Gasteiger partial charge in [0.2, 0.25) is 0 Å². The van der Waals surface area contributed by atoms with E-state index < -0.39 is 5.41 Å². The number of nitrogens with one attached hydrogen (secondary N) is 1. The molecule has 0 fully saturated rings. The average Bonchev–Trinajstić information content (AvgIpc) is 2.56. The number of hydrogen-bond acceptors (Lipinski definition) is 3. The maximum atomic E-state index is 11.7. The van der Waals surface area contributed by atoms with Crippen molar-refractivity contribution in [2.75, 3.05) is 6.54 Å². The molecule has 0 unspecified atom stereocenters. The number of carbonyl (C=O) groups is 1. The molecule has 0 radical (unpaired) electrons. The molecule has 0 saturated heterocycles. The summed E-state index contributed by atoms with van der Waals surface area (Å²) in [5.74, 6) is -0.123. The predicted octanol–water partition coefficient (Wildman–Crippen LogP) is 3.10. The first-order valence-corrected chi connectivity index (χ1v) is 6.42. The lowest BCUT2D eigenvalue weighted by Crippen LogP contribution is -2.32. The van der Waals surface area contributed by atoms with Crippen LogP contribution in [0.5, 0.6) is 0 Å². The van der Waals surface area contributed by atoms with Crippen LogP contribution in [-0.2, 0) is 0 Å². The lowest BCUT2D eigenvalue weighted by molar-refractivity contribution is 0.0948. The van der Waals surface area contributed by atoms with Crippen molar-refractivity contribution in [2.24, 2.45) is 5.41 Å². The summed E-state index contributed by atoms with van der Waals surface area (Å²) in [6.45, 7) is 5.89. The van der Waals surface area contributed by atoms with E-state index in [4.69, 9.17) is 5.26 Å². The number of nitriles is 1. The molecule has 1 aromatic rings. The fourth-order valence-electron chi connectivity index (χ4n) is 1.000. The van der Waals surface area contributed by atoms with Gasteiger partial charge in [-0.3, -0.25) is 4.79 Å². The van der Waals surface area contributed by atoms with Gasteiger partial charge in [0.05, 0.1) is 20.1 Å². The molecule has 3 nitrogen and oxygen atoms in total. The molecule has 1 aromatic heterocycles. The minimum absolute atomic E-state index is 0.123. The predicted molar refractivity (Wildman–Crippen MR) is 68.5 cm³/mol. The lowest BCUT2D eigenvalue weighted by atomic mass is 9.96. The van der Waals surface area contributed by atoms with Gasteiger partial charge in [0.1, 0.15) is 0 Å². The third kappa shape index (κ3) is 3.32. The van der Waals surface area contributed by atoms with Crippen molar-refractivity contribution >= 4 is 33.2 Å².